The molecule has 13 heavy (non-hydrogen) atoms. The lowest BCUT2D eigenvalue weighted by Crippen LogP contribution is -1.74. The highest BCUT2D eigenvalue weighted by atomic mass is 13.9. The molecule has 0 saturated heterocycles. The molecule has 2 radical (unpaired) electrons. The van der Waals surface area contributed by atoms with Gasteiger partial charge in [0.25, 0.3) is 0 Å². The Morgan fingerprint density at radius 1 is 0.615 bits per heavy atom. The Bertz CT molecular complexity index is 103. The molecular formula is C13H24. The zero-order chi connectivity index (χ0) is 9.78. The lowest BCUT2D eigenvalue weighted by molar-refractivity contribution is 0.692. The zero-order valence-corrected chi connectivity index (χ0v) is 8.93. The van der Waals surface area contributed by atoms with E-state index in [2.05, 4.69) is 26.0 Å². The summed E-state index contributed by atoms with van der Waals surface area (Å²) in [4.78, 5) is 0. The molecule has 0 spiro atoms. The van der Waals surface area contributed by atoms with Crippen molar-refractivity contribution in [3.05, 3.63) is 26.0 Å². The molecule has 0 nitrogen and oxygen atoms in total. The van der Waals surface area contributed by atoms with Crippen LogP contribution in [0.2, 0.25) is 0 Å². The first-order valence-corrected chi connectivity index (χ1v) is 5.65. The lowest BCUT2D eigenvalue weighted by atomic mass is 10.1. The lowest BCUT2D eigenvalue weighted by Gasteiger charge is -1.94. The van der Waals surface area contributed by atoms with Crippen molar-refractivity contribution in [2.24, 2.45) is 0 Å². The zero-order valence-electron chi connectivity index (χ0n) is 8.93. The van der Waals surface area contributed by atoms with Crippen molar-refractivity contribution in [3.8, 4) is 0 Å². The molecule has 0 aromatic rings. The fourth-order valence-corrected chi connectivity index (χ4v) is 1.29. The topological polar surface area (TPSA) is 0 Å². The fourth-order valence-electron chi connectivity index (χ4n) is 1.29. The SMILES string of the molecule is [CH2]CCCCC=CCCCCC[CH2]. The van der Waals surface area contributed by atoms with E-state index in [1.807, 2.05) is 0 Å². The molecule has 0 saturated carbocycles. The fraction of sp³-hybridized carbons (Fsp3) is 0.692. The molecule has 0 amide bonds. The first-order chi connectivity index (χ1) is 6.41. The maximum atomic E-state index is 3.83. The van der Waals surface area contributed by atoms with Crippen LogP contribution in [-0.4, -0.2) is 0 Å². The Balaban J connectivity index is 2.95. The summed E-state index contributed by atoms with van der Waals surface area (Å²) in [5, 5.41) is 0. The van der Waals surface area contributed by atoms with E-state index in [-0.39, 0.29) is 0 Å². The van der Waals surface area contributed by atoms with Gasteiger partial charge < -0.3 is 0 Å². The summed E-state index contributed by atoms with van der Waals surface area (Å²) < 4.78 is 0. The van der Waals surface area contributed by atoms with Crippen LogP contribution >= 0.6 is 0 Å². The summed E-state index contributed by atoms with van der Waals surface area (Å²) in [6.07, 6.45) is 15.8. The van der Waals surface area contributed by atoms with E-state index in [1.54, 1.807) is 0 Å². The summed E-state index contributed by atoms with van der Waals surface area (Å²) in [5.74, 6) is 0. The van der Waals surface area contributed by atoms with Gasteiger partial charge in [-0.05, 0) is 25.7 Å². The quantitative estimate of drug-likeness (QED) is 0.356. The summed E-state index contributed by atoms with van der Waals surface area (Å²) >= 11 is 0. The molecule has 0 fully saturated rings. The van der Waals surface area contributed by atoms with E-state index in [9.17, 15) is 0 Å². The van der Waals surface area contributed by atoms with Crippen molar-refractivity contribution < 1.29 is 0 Å². The minimum absolute atomic E-state index is 1.08. The highest BCUT2D eigenvalue weighted by molar-refractivity contribution is 4.81. The second kappa shape index (κ2) is 11.7. The second-order valence-corrected chi connectivity index (χ2v) is 3.52. The van der Waals surface area contributed by atoms with Gasteiger partial charge in [0.1, 0.15) is 0 Å². The average Bonchev–Trinajstić information content (AvgIpc) is 2.16. The number of rotatable bonds is 9. The van der Waals surface area contributed by atoms with Gasteiger partial charge in [-0.15, -0.1) is 0 Å². The molecule has 0 bridgehead atoms. The highest BCUT2D eigenvalue weighted by Crippen LogP contribution is 2.04. The van der Waals surface area contributed by atoms with Gasteiger partial charge in [-0.2, -0.15) is 0 Å². The van der Waals surface area contributed by atoms with Crippen molar-refractivity contribution >= 4 is 0 Å². The van der Waals surface area contributed by atoms with Gasteiger partial charge in [-0.3, -0.25) is 0 Å². The maximum Gasteiger partial charge on any atom is -0.0351 e. The number of unbranched alkanes of at least 4 members (excludes halogenated alkanes) is 7. The third kappa shape index (κ3) is 11.7. The third-order valence-corrected chi connectivity index (χ3v) is 2.16. The molecule has 0 aliphatic carbocycles. The maximum absolute atomic E-state index is 3.83. The Kier molecular flexibility index (Phi) is 11.5. The van der Waals surface area contributed by atoms with Gasteiger partial charge in [0, 0.05) is 0 Å². The monoisotopic (exact) mass is 180 g/mol. The van der Waals surface area contributed by atoms with E-state index in [1.165, 1.54) is 44.9 Å². The minimum Gasteiger partial charge on any atom is -0.0885 e. The van der Waals surface area contributed by atoms with E-state index >= 15 is 0 Å². The molecule has 0 heterocycles. The van der Waals surface area contributed by atoms with E-state index in [0.29, 0.717) is 0 Å². The van der Waals surface area contributed by atoms with Crippen molar-refractivity contribution in [2.45, 2.75) is 57.8 Å². The van der Waals surface area contributed by atoms with Crippen molar-refractivity contribution in [2.75, 3.05) is 0 Å². The molecule has 0 aromatic carbocycles. The predicted molar refractivity (Wildman–Crippen MR) is 61.4 cm³/mol. The molecule has 0 aliphatic heterocycles. The van der Waals surface area contributed by atoms with Crippen LogP contribution in [0.15, 0.2) is 12.2 Å². The molecule has 0 atom stereocenters. The van der Waals surface area contributed by atoms with Crippen LogP contribution in [0.25, 0.3) is 0 Å². The second-order valence-electron chi connectivity index (χ2n) is 3.52. The molecule has 0 aliphatic rings. The molecule has 0 N–H and O–H groups in total. The standard InChI is InChI=1S/C13H24/c1-3-5-7-9-11-13-12-10-8-6-4-2/h11,13H,1-10,12H2. The Labute approximate surface area is 84.4 Å². The summed E-state index contributed by atoms with van der Waals surface area (Å²) in [5.41, 5.74) is 0. The van der Waals surface area contributed by atoms with Gasteiger partial charge in [0.05, 0.1) is 0 Å². The molecule has 76 valence electrons. The first-order valence-electron chi connectivity index (χ1n) is 5.65. The summed E-state index contributed by atoms with van der Waals surface area (Å²) in [6.45, 7) is 7.65. The number of allylic oxidation sites excluding steroid dienone is 2. The Morgan fingerprint density at radius 3 is 1.62 bits per heavy atom. The number of hydrogen-bond donors (Lipinski definition) is 0. The molecule has 0 aromatic heterocycles. The predicted octanol–water partition coefficient (Wildman–Crippen LogP) is 4.72. The summed E-state index contributed by atoms with van der Waals surface area (Å²) in [6, 6.07) is 0. The van der Waals surface area contributed by atoms with Gasteiger partial charge in [0.2, 0.25) is 0 Å². The normalized spacial score (nSPS) is 11.2. The summed E-state index contributed by atoms with van der Waals surface area (Å²) in [7, 11) is 0. The highest BCUT2D eigenvalue weighted by Gasteiger charge is 1.84. The van der Waals surface area contributed by atoms with E-state index in [0.717, 1.165) is 12.8 Å². The van der Waals surface area contributed by atoms with Crippen LogP contribution in [0.4, 0.5) is 0 Å². The molecule has 0 rings (SSSR count). The van der Waals surface area contributed by atoms with E-state index < -0.39 is 0 Å². The largest absolute Gasteiger partial charge is 0.0885 e. The Hall–Kier alpha value is -0.260. The van der Waals surface area contributed by atoms with Crippen molar-refractivity contribution in [1.29, 1.82) is 0 Å². The van der Waals surface area contributed by atoms with Crippen molar-refractivity contribution in [1.82, 2.24) is 0 Å². The van der Waals surface area contributed by atoms with Crippen LogP contribution in [0.3, 0.4) is 0 Å². The molecule has 0 unspecified atom stereocenters. The van der Waals surface area contributed by atoms with Gasteiger partial charge >= 0.3 is 0 Å². The molecular weight excluding hydrogens is 156 g/mol. The van der Waals surface area contributed by atoms with Crippen molar-refractivity contribution in [3.63, 3.8) is 0 Å². The van der Waals surface area contributed by atoms with E-state index in [4.69, 9.17) is 0 Å². The van der Waals surface area contributed by atoms with Gasteiger partial charge in [-0.1, -0.05) is 58.1 Å². The third-order valence-electron chi connectivity index (χ3n) is 2.16. The smallest absolute Gasteiger partial charge is 0.0351 e. The van der Waals surface area contributed by atoms with Crippen LogP contribution in [0.1, 0.15) is 57.8 Å². The van der Waals surface area contributed by atoms with Crippen LogP contribution < -0.4 is 0 Å². The van der Waals surface area contributed by atoms with Crippen LogP contribution in [0.5, 0.6) is 0 Å². The first kappa shape index (κ1) is 12.7. The average molecular weight is 180 g/mol. The van der Waals surface area contributed by atoms with Crippen LogP contribution in [0, 0.1) is 13.8 Å². The molecule has 0 heteroatoms. The van der Waals surface area contributed by atoms with Crippen LogP contribution in [-0.2, 0) is 0 Å². The van der Waals surface area contributed by atoms with Gasteiger partial charge in [0.15, 0.2) is 0 Å². The Morgan fingerprint density at radius 2 is 1.08 bits per heavy atom. The van der Waals surface area contributed by atoms with Gasteiger partial charge in [-0.25, -0.2) is 0 Å². The number of hydrogen-bond acceptors (Lipinski definition) is 0. The minimum atomic E-state index is 1.08.